The van der Waals surface area contributed by atoms with Crippen LogP contribution in [0.2, 0.25) is 0 Å². The van der Waals surface area contributed by atoms with Crippen molar-refractivity contribution in [2.24, 2.45) is 0 Å². The Morgan fingerprint density at radius 1 is 1.07 bits per heavy atom. The maximum Gasteiger partial charge on any atom is 0.387 e. The van der Waals surface area contributed by atoms with Gasteiger partial charge in [-0.2, -0.15) is 8.78 Å². The summed E-state index contributed by atoms with van der Waals surface area (Å²) in [4.78, 5) is 8.69. The zero-order chi connectivity index (χ0) is 21.3. The fourth-order valence-electron chi connectivity index (χ4n) is 3.00. The quantitative estimate of drug-likeness (QED) is 0.451. The fraction of sp³-hybridized carbons (Fsp3) is 0.100. The number of nitrogens with zero attached hydrogens (tertiary/aromatic N) is 3. The fourth-order valence-corrected chi connectivity index (χ4v) is 3.00. The van der Waals surface area contributed by atoms with Crippen molar-refractivity contribution in [3.05, 3.63) is 72.1 Å². The van der Waals surface area contributed by atoms with Crippen molar-refractivity contribution in [1.29, 1.82) is 0 Å². The average Bonchev–Trinajstić information content (AvgIpc) is 3.07. The lowest BCUT2D eigenvalue weighted by molar-refractivity contribution is -0.0521. The molecule has 0 aliphatic rings. The van der Waals surface area contributed by atoms with E-state index in [1.54, 1.807) is 18.2 Å². The zero-order valence-electron chi connectivity index (χ0n) is 15.2. The van der Waals surface area contributed by atoms with Crippen LogP contribution >= 0.6 is 0 Å². The third-order valence-corrected chi connectivity index (χ3v) is 4.22. The summed E-state index contributed by atoms with van der Waals surface area (Å²) >= 11 is 0. The number of ether oxygens (including phenoxy) is 1. The second-order valence-electron chi connectivity index (χ2n) is 6.20. The maximum atomic E-state index is 13.9. The molecule has 0 fully saturated rings. The molecule has 10 heteroatoms. The highest BCUT2D eigenvalue weighted by molar-refractivity contribution is 5.67. The molecule has 1 aromatic carbocycles. The van der Waals surface area contributed by atoms with Gasteiger partial charge in [-0.25, -0.2) is 18.7 Å². The number of imidazole rings is 1. The topological polar surface area (TPSA) is 71.7 Å². The third-order valence-electron chi connectivity index (χ3n) is 4.22. The highest BCUT2D eigenvalue weighted by atomic mass is 19.3. The molecule has 0 spiro atoms. The Bertz CT molecular complexity index is 1210. The first-order chi connectivity index (χ1) is 14.4. The molecule has 0 saturated carbocycles. The van der Waals surface area contributed by atoms with Gasteiger partial charge >= 0.3 is 6.61 Å². The van der Waals surface area contributed by atoms with Crippen molar-refractivity contribution in [2.45, 2.75) is 13.2 Å². The Hall–Kier alpha value is -3.66. The van der Waals surface area contributed by atoms with Crippen LogP contribution < -0.4 is 10.1 Å². The van der Waals surface area contributed by atoms with Crippen molar-refractivity contribution in [1.82, 2.24) is 14.4 Å². The summed E-state index contributed by atoms with van der Waals surface area (Å²) in [7, 11) is 0. The molecular weight excluding hydrogens is 404 g/mol. The van der Waals surface area contributed by atoms with Crippen LogP contribution in [0.3, 0.4) is 0 Å². The summed E-state index contributed by atoms with van der Waals surface area (Å²) < 4.78 is 57.7. The van der Waals surface area contributed by atoms with E-state index in [2.05, 4.69) is 20.0 Å². The molecular formula is C20H14F4N4O2. The van der Waals surface area contributed by atoms with E-state index in [1.165, 1.54) is 28.8 Å². The van der Waals surface area contributed by atoms with E-state index in [1.807, 2.05) is 0 Å². The Morgan fingerprint density at radius 2 is 1.90 bits per heavy atom. The lowest BCUT2D eigenvalue weighted by Gasteiger charge is -2.10. The number of hydrogen-bond acceptors (Lipinski definition) is 5. The molecule has 30 heavy (non-hydrogen) atoms. The Labute approximate surface area is 167 Å². The van der Waals surface area contributed by atoms with Crippen molar-refractivity contribution in [3.63, 3.8) is 0 Å². The minimum atomic E-state index is -3.13. The van der Waals surface area contributed by atoms with E-state index in [9.17, 15) is 22.7 Å². The van der Waals surface area contributed by atoms with Gasteiger partial charge in [-0.1, -0.05) is 6.07 Å². The predicted octanol–water partition coefficient (Wildman–Crippen LogP) is 4.51. The van der Waals surface area contributed by atoms with E-state index in [0.717, 1.165) is 12.1 Å². The summed E-state index contributed by atoms with van der Waals surface area (Å²) in [5, 5.41) is 12.5. The number of aliphatic hydroxyl groups excluding tert-OH is 1. The number of rotatable bonds is 6. The molecule has 0 radical (unpaired) electrons. The lowest BCUT2D eigenvalue weighted by Crippen LogP contribution is -2.04. The SMILES string of the molecule is OCc1nc2ccc(F)cn2c1-c1cccc(Nc2ccc(OC(F)F)c(F)c2)n1. The van der Waals surface area contributed by atoms with Gasteiger partial charge in [0.25, 0.3) is 0 Å². The molecule has 6 nitrogen and oxygen atoms in total. The number of benzene rings is 1. The van der Waals surface area contributed by atoms with E-state index in [4.69, 9.17) is 0 Å². The molecule has 3 aromatic heterocycles. The number of anilines is 2. The Morgan fingerprint density at radius 3 is 2.63 bits per heavy atom. The zero-order valence-corrected chi connectivity index (χ0v) is 15.2. The third kappa shape index (κ3) is 3.90. The van der Waals surface area contributed by atoms with Crippen LogP contribution in [0.5, 0.6) is 5.75 Å². The Balaban J connectivity index is 1.68. The van der Waals surface area contributed by atoms with Gasteiger partial charge < -0.3 is 15.2 Å². The number of halogens is 4. The van der Waals surface area contributed by atoms with E-state index < -0.39 is 24.0 Å². The molecule has 0 unspecified atom stereocenters. The van der Waals surface area contributed by atoms with Crippen molar-refractivity contribution >= 4 is 17.2 Å². The van der Waals surface area contributed by atoms with Crippen molar-refractivity contribution < 1.29 is 27.4 Å². The summed E-state index contributed by atoms with van der Waals surface area (Å²) in [5.41, 5.74) is 1.80. The molecule has 4 rings (SSSR count). The van der Waals surface area contributed by atoms with Crippen LogP contribution in [0.25, 0.3) is 17.0 Å². The van der Waals surface area contributed by atoms with Gasteiger partial charge in [-0.05, 0) is 36.4 Å². The second-order valence-corrected chi connectivity index (χ2v) is 6.20. The molecule has 0 amide bonds. The molecule has 0 saturated heterocycles. The van der Waals surface area contributed by atoms with Gasteiger partial charge in [-0.15, -0.1) is 0 Å². The molecule has 2 N–H and O–H groups in total. The highest BCUT2D eigenvalue weighted by Crippen LogP contribution is 2.28. The Kier molecular flexibility index (Phi) is 5.23. The maximum absolute atomic E-state index is 13.9. The van der Waals surface area contributed by atoms with Crippen LogP contribution in [-0.4, -0.2) is 26.1 Å². The molecule has 154 valence electrons. The molecule has 0 aliphatic heterocycles. The summed E-state index contributed by atoms with van der Waals surface area (Å²) in [6.07, 6.45) is 1.23. The number of alkyl halides is 2. The van der Waals surface area contributed by atoms with E-state index >= 15 is 0 Å². The van der Waals surface area contributed by atoms with Crippen LogP contribution in [0.15, 0.2) is 54.7 Å². The minimum absolute atomic E-state index is 0.255. The van der Waals surface area contributed by atoms with Gasteiger partial charge in [0.2, 0.25) is 0 Å². The number of pyridine rings is 2. The monoisotopic (exact) mass is 418 g/mol. The molecule has 4 aromatic rings. The number of aliphatic hydroxyl groups is 1. The van der Waals surface area contributed by atoms with Gasteiger partial charge in [0.05, 0.1) is 23.7 Å². The molecule has 0 bridgehead atoms. The van der Waals surface area contributed by atoms with Crippen LogP contribution in [0.1, 0.15) is 5.69 Å². The van der Waals surface area contributed by atoms with Gasteiger partial charge in [-0.3, -0.25) is 4.40 Å². The van der Waals surface area contributed by atoms with Gasteiger partial charge in [0.1, 0.15) is 17.3 Å². The van der Waals surface area contributed by atoms with Crippen molar-refractivity contribution in [2.75, 3.05) is 5.32 Å². The van der Waals surface area contributed by atoms with Gasteiger partial charge in [0, 0.05) is 18.0 Å². The summed E-state index contributed by atoms with van der Waals surface area (Å²) in [6.45, 7) is -3.51. The van der Waals surface area contributed by atoms with Crippen LogP contribution in [0.4, 0.5) is 29.1 Å². The van der Waals surface area contributed by atoms with Crippen molar-refractivity contribution in [3.8, 4) is 17.1 Å². The highest BCUT2D eigenvalue weighted by Gasteiger charge is 2.16. The normalized spacial score (nSPS) is 11.3. The molecule has 3 heterocycles. The average molecular weight is 418 g/mol. The first kappa shape index (κ1) is 19.6. The number of hydrogen-bond donors (Lipinski definition) is 2. The number of aromatic nitrogens is 3. The first-order valence-electron chi connectivity index (χ1n) is 8.71. The predicted molar refractivity (Wildman–Crippen MR) is 101 cm³/mol. The van der Waals surface area contributed by atoms with Crippen LogP contribution in [-0.2, 0) is 6.61 Å². The van der Waals surface area contributed by atoms with Gasteiger partial charge in [0.15, 0.2) is 11.6 Å². The summed E-state index contributed by atoms with van der Waals surface area (Å²) in [5.74, 6) is -1.71. The number of nitrogens with one attached hydrogen (secondary N) is 1. The second kappa shape index (κ2) is 7.99. The standard InChI is InChI=1S/C20H14F4N4O2/c21-11-4-7-18-27-15(10-29)19(28(18)9-11)14-2-1-3-17(26-14)25-12-5-6-16(13(22)8-12)30-20(23)24/h1-9,20,29H,10H2,(H,25,26). The van der Waals surface area contributed by atoms with Crippen LogP contribution in [0, 0.1) is 11.6 Å². The summed E-state index contributed by atoms with van der Waals surface area (Å²) in [6, 6.07) is 11.1. The first-order valence-corrected chi connectivity index (χ1v) is 8.71. The number of fused-ring (bicyclic) bond motifs is 1. The lowest BCUT2D eigenvalue weighted by atomic mass is 10.2. The minimum Gasteiger partial charge on any atom is -0.432 e. The smallest absolute Gasteiger partial charge is 0.387 e. The largest absolute Gasteiger partial charge is 0.432 e. The van der Waals surface area contributed by atoms with E-state index in [0.29, 0.717) is 28.5 Å². The molecule has 0 aliphatic carbocycles. The van der Waals surface area contributed by atoms with E-state index in [-0.39, 0.29) is 12.3 Å². The molecule has 0 atom stereocenters.